The van der Waals surface area contributed by atoms with E-state index in [0.717, 1.165) is 96.6 Å². The number of aromatic nitrogens is 6. The van der Waals surface area contributed by atoms with E-state index in [1.165, 1.54) is 231 Å². The van der Waals surface area contributed by atoms with Gasteiger partial charge in [0.05, 0.1) is 26.4 Å². The van der Waals surface area contributed by atoms with Crippen molar-refractivity contribution in [3.63, 3.8) is 0 Å². The van der Waals surface area contributed by atoms with Gasteiger partial charge < -0.3 is 40.2 Å². The molecule has 0 spiro atoms. The second kappa shape index (κ2) is 44.2. The van der Waals surface area contributed by atoms with Crippen molar-refractivity contribution in [2.24, 2.45) is 0 Å². The van der Waals surface area contributed by atoms with Gasteiger partial charge in [-0.1, -0.05) is 259 Å². The molecule has 8 bridgehead atoms. The number of hydrogen-bond acceptors (Lipinski definition) is 14. The molecule has 2 aromatic carbocycles. The number of anilines is 4. The first-order chi connectivity index (χ1) is 43.6. The first kappa shape index (κ1) is 71.1. The number of hydrogen-bond donors (Lipinski definition) is 8. The third-order valence-corrected chi connectivity index (χ3v) is 18.4. The zero-order valence-corrected chi connectivity index (χ0v) is 56.0. The number of benzene rings is 2. The molecule has 0 saturated heterocycles. The lowest BCUT2D eigenvalue weighted by atomic mass is 9.98. The van der Waals surface area contributed by atoms with Gasteiger partial charge >= 0.3 is 0 Å². The van der Waals surface area contributed by atoms with Crippen LogP contribution >= 0.6 is 0 Å². The average molecular weight is 1220 g/mol. The van der Waals surface area contributed by atoms with Crippen molar-refractivity contribution in [3.8, 4) is 0 Å². The van der Waals surface area contributed by atoms with E-state index in [1.54, 1.807) is 0 Å². The number of nitrogens with zero attached hydrogens (tertiary/aromatic N) is 4. The number of fused-ring (bicyclic) bond motifs is 14. The summed E-state index contributed by atoms with van der Waals surface area (Å²) in [7, 11) is 0. The van der Waals surface area contributed by atoms with Crippen molar-refractivity contribution in [1.29, 1.82) is 0 Å². The molecule has 0 fully saturated rings. The molecule has 3 aliphatic heterocycles. The largest absolute Gasteiger partial charge is 0.377 e. The Balaban J connectivity index is 1.02. The second-order valence-corrected chi connectivity index (χ2v) is 26.1. The second-order valence-electron chi connectivity index (χ2n) is 26.1. The average Bonchev–Trinajstić information content (AvgIpc) is 1.96. The molecule has 3 aliphatic rings. The van der Waals surface area contributed by atoms with Crippen LogP contribution in [0.2, 0.25) is 0 Å². The molecule has 16 heteroatoms. The highest BCUT2D eigenvalue weighted by molar-refractivity contribution is 5.53. The number of H-pyrrole nitrogens is 2. The standard InChI is InChI=1S/C72H124N12O4/c1-5-9-13-17-21-25-29-33-37-41-45-85-53-57-49-61-62(50-58(57)54-86-46-42-38-34-30-26-22-18-14-10-6-2)66-73-65(61)75-69-79-71(83-81-69)77-67-63-51-59(55-87-47-43-39-35-31-27-23-19-15-11-7-3)60(56-88-48-44-40-36-32-28-24-20-16-12-8-4)52-64(63)68(74-67)78-72-80-70(76-66)82-84-72/h49-52,65-68,73-74H,5-48,53-56H2,1-4H3,(H3,75,77,79,81,83)(H3,76,78,80,82,84). The molecule has 88 heavy (non-hydrogen) atoms. The smallest absolute Gasteiger partial charge is 0.245 e. The molecule has 0 saturated carbocycles. The zero-order valence-electron chi connectivity index (χ0n) is 56.0. The van der Waals surface area contributed by atoms with Crippen LogP contribution in [0.1, 0.15) is 354 Å². The molecule has 0 aliphatic carbocycles. The van der Waals surface area contributed by atoms with Crippen molar-refractivity contribution in [2.45, 2.75) is 336 Å². The third kappa shape index (κ3) is 26.5. The molecular weight excluding hydrogens is 1100 g/mol. The molecule has 4 atom stereocenters. The van der Waals surface area contributed by atoms with E-state index in [0.29, 0.717) is 50.2 Å². The fraction of sp³-hybridized carbons (Fsp3) is 0.778. The van der Waals surface area contributed by atoms with Crippen molar-refractivity contribution in [1.82, 2.24) is 41.0 Å². The van der Waals surface area contributed by atoms with Crippen LogP contribution in [0.5, 0.6) is 0 Å². The van der Waals surface area contributed by atoms with E-state index in [-0.39, 0.29) is 24.7 Å². The number of rotatable bonds is 52. The van der Waals surface area contributed by atoms with Crippen molar-refractivity contribution < 1.29 is 18.9 Å². The first-order valence-corrected chi connectivity index (χ1v) is 36.6. The summed E-state index contributed by atoms with van der Waals surface area (Å²) < 4.78 is 26.0. The minimum Gasteiger partial charge on any atom is -0.377 e. The lowest BCUT2D eigenvalue weighted by molar-refractivity contribution is 0.103. The lowest BCUT2D eigenvalue weighted by Gasteiger charge is -2.17. The van der Waals surface area contributed by atoms with E-state index >= 15 is 0 Å². The highest BCUT2D eigenvalue weighted by Crippen LogP contribution is 2.39. The van der Waals surface area contributed by atoms with Crippen molar-refractivity contribution >= 4 is 23.8 Å². The molecule has 4 unspecified atom stereocenters. The van der Waals surface area contributed by atoms with Gasteiger partial charge in [-0.2, -0.15) is 9.97 Å². The molecule has 8 N–H and O–H groups in total. The van der Waals surface area contributed by atoms with Gasteiger partial charge in [-0.25, -0.2) is 10.2 Å². The highest BCUT2D eigenvalue weighted by Gasteiger charge is 2.36. The molecular formula is C72H124N12O4. The number of nitrogens with one attached hydrogen (secondary N) is 8. The van der Waals surface area contributed by atoms with Gasteiger partial charge in [0.25, 0.3) is 0 Å². The fourth-order valence-electron chi connectivity index (χ4n) is 13.0. The van der Waals surface area contributed by atoms with Gasteiger partial charge in [0.1, 0.15) is 24.7 Å². The van der Waals surface area contributed by atoms with Crippen LogP contribution in [-0.4, -0.2) is 56.8 Å². The molecule has 496 valence electrons. The molecule has 0 radical (unpaired) electrons. The quantitative estimate of drug-likeness (QED) is 0.0195. The minimum atomic E-state index is -0.324. The van der Waals surface area contributed by atoms with Crippen molar-refractivity contribution in [3.05, 3.63) is 68.8 Å². The summed E-state index contributed by atoms with van der Waals surface area (Å²) in [5.41, 5.74) is 8.96. The number of aromatic amines is 2. The van der Waals surface area contributed by atoms with E-state index in [2.05, 4.69) is 94.1 Å². The lowest BCUT2D eigenvalue weighted by Crippen LogP contribution is -2.29. The minimum absolute atomic E-state index is 0.316. The Labute approximate surface area is 533 Å². The molecule has 2 aromatic heterocycles. The number of unbranched alkanes of at least 4 members (excludes halogenated alkanes) is 36. The van der Waals surface area contributed by atoms with E-state index in [9.17, 15) is 0 Å². The Bertz CT molecular complexity index is 2100. The SMILES string of the molecule is CCCCCCCCCCCCOCc1cc2c(cc1COCCCCCCCCCCCC)C1Nc3nc(n[nH]3)NC3NC(Nc4nc(n[nH]4)NC2N1)c1cc(COCCCCCCCCCCCC)c(COCCCCCCCCCCCC)cc13. The topological polar surface area (TPSA) is 192 Å². The Hall–Kier alpha value is -4.32. The normalized spacial score (nSPS) is 16.8. The van der Waals surface area contributed by atoms with Crippen LogP contribution in [-0.2, 0) is 45.4 Å². The summed E-state index contributed by atoms with van der Waals surface area (Å²) in [5.74, 6) is 2.05. The summed E-state index contributed by atoms with van der Waals surface area (Å²) in [4.78, 5) is 10.0. The van der Waals surface area contributed by atoms with Gasteiger partial charge in [-0.15, -0.1) is 10.2 Å². The van der Waals surface area contributed by atoms with Gasteiger partial charge in [-0.3, -0.25) is 10.6 Å². The predicted molar refractivity (Wildman–Crippen MR) is 363 cm³/mol. The monoisotopic (exact) mass is 1220 g/mol. The summed E-state index contributed by atoms with van der Waals surface area (Å²) in [5, 5.41) is 38.1. The van der Waals surface area contributed by atoms with Crippen LogP contribution < -0.4 is 31.9 Å². The van der Waals surface area contributed by atoms with Crippen LogP contribution in [0.25, 0.3) is 0 Å². The molecule has 16 nitrogen and oxygen atoms in total. The van der Waals surface area contributed by atoms with Crippen LogP contribution in [0.3, 0.4) is 0 Å². The maximum Gasteiger partial charge on any atom is 0.245 e. The first-order valence-electron chi connectivity index (χ1n) is 36.6. The Kier molecular flexibility index (Phi) is 35.7. The molecule has 4 aromatic rings. The summed E-state index contributed by atoms with van der Waals surface area (Å²) in [6, 6.07) is 9.18. The highest BCUT2D eigenvalue weighted by atomic mass is 16.5. The Morgan fingerprint density at radius 2 is 0.500 bits per heavy atom. The zero-order chi connectivity index (χ0) is 61.3. The third-order valence-electron chi connectivity index (χ3n) is 18.4. The van der Waals surface area contributed by atoms with Gasteiger partial charge in [0, 0.05) is 26.4 Å². The molecule has 5 heterocycles. The fourth-order valence-corrected chi connectivity index (χ4v) is 13.0. The van der Waals surface area contributed by atoms with E-state index in [4.69, 9.17) is 39.1 Å². The van der Waals surface area contributed by atoms with Gasteiger partial charge in [-0.05, 0) is 94.5 Å². The predicted octanol–water partition coefficient (Wildman–Crippen LogP) is 19.6. The maximum absolute atomic E-state index is 6.50. The Morgan fingerprint density at radius 3 is 0.739 bits per heavy atom. The van der Waals surface area contributed by atoms with Gasteiger partial charge in [0.2, 0.25) is 23.8 Å². The van der Waals surface area contributed by atoms with Crippen molar-refractivity contribution in [2.75, 3.05) is 47.7 Å². The van der Waals surface area contributed by atoms with Crippen LogP contribution in [0.4, 0.5) is 23.8 Å². The summed E-state index contributed by atoms with van der Waals surface area (Å²) in [6.07, 6.45) is 50.8. The summed E-state index contributed by atoms with van der Waals surface area (Å²) >= 11 is 0. The maximum atomic E-state index is 6.50. The molecule has 0 amide bonds. The summed E-state index contributed by atoms with van der Waals surface area (Å²) in [6.45, 7) is 14.2. The number of ether oxygens (including phenoxy) is 4. The van der Waals surface area contributed by atoms with E-state index in [1.807, 2.05) is 0 Å². The van der Waals surface area contributed by atoms with Gasteiger partial charge in [0.15, 0.2) is 0 Å². The molecule has 7 rings (SSSR count). The van der Waals surface area contributed by atoms with Crippen LogP contribution in [0.15, 0.2) is 24.3 Å². The Morgan fingerprint density at radius 1 is 0.284 bits per heavy atom. The van der Waals surface area contributed by atoms with Crippen LogP contribution in [0, 0.1) is 0 Å². The van der Waals surface area contributed by atoms with E-state index < -0.39 is 0 Å².